The summed E-state index contributed by atoms with van der Waals surface area (Å²) in [6.07, 6.45) is 1.89. The van der Waals surface area contributed by atoms with Crippen molar-refractivity contribution in [3.8, 4) is 0 Å². The maximum atomic E-state index is 11.6. The van der Waals surface area contributed by atoms with Gasteiger partial charge in [0, 0.05) is 19.5 Å². The molecule has 6 heteroatoms. The van der Waals surface area contributed by atoms with Crippen molar-refractivity contribution in [2.24, 2.45) is 5.92 Å². The van der Waals surface area contributed by atoms with Crippen molar-refractivity contribution in [1.82, 2.24) is 10.2 Å². The maximum absolute atomic E-state index is 11.6. The minimum Gasteiger partial charge on any atom is -0.480 e. The molecule has 17 heavy (non-hydrogen) atoms. The fourth-order valence-electron chi connectivity index (χ4n) is 2.13. The van der Waals surface area contributed by atoms with Crippen LogP contribution in [0, 0.1) is 5.92 Å². The van der Waals surface area contributed by atoms with Gasteiger partial charge in [-0.15, -0.1) is 0 Å². The highest BCUT2D eigenvalue weighted by Crippen LogP contribution is 2.27. The highest BCUT2D eigenvalue weighted by molar-refractivity contribution is 5.80. The molecule has 2 fully saturated rings. The fourth-order valence-corrected chi connectivity index (χ4v) is 2.13. The lowest BCUT2D eigenvalue weighted by Gasteiger charge is -2.19. The molecule has 0 aromatic heterocycles. The van der Waals surface area contributed by atoms with E-state index in [0.717, 1.165) is 0 Å². The molecular formula is C11H18N2O4. The molecule has 0 aromatic rings. The molecule has 2 unspecified atom stereocenters. The van der Waals surface area contributed by atoms with Gasteiger partial charge in [0.2, 0.25) is 5.91 Å². The Morgan fingerprint density at radius 2 is 2.06 bits per heavy atom. The molecule has 96 valence electrons. The number of nitrogens with one attached hydrogen (secondary N) is 1. The zero-order valence-corrected chi connectivity index (χ0v) is 9.63. The van der Waals surface area contributed by atoms with E-state index in [4.69, 9.17) is 5.11 Å². The Morgan fingerprint density at radius 3 is 2.65 bits per heavy atom. The highest BCUT2D eigenvalue weighted by atomic mass is 16.4. The van der Waals surface area contributed by atoms with Crippen LogP contribution in [0.2, 0.25) is 0 Å². The third-order valence-corrected chi connectivity index (χ3v) is 3.30. The van der Waals surface area contributed by atoms with Gasteiger partial charge >= 0.3 is 5.97 Å². The molecule has 1 aliphatic heterocycles. The third-order valence-electron chi connectivity index (χ3n) is 3.30. The first-order valence-electron chi connectivity index (χ1n) is 5.98. The molecule has 1 aliphatic carbocycles. The SMILES string of the molecule is O=C(CN1CC(O)CC1C(=O)O)NCC1CC1. The predicted molar refractivity (Wildman–Crippen MR) is 59.4 cm³/mol. The number of likely N-dealkylation sites (tertiary alicyclic amines) is 1. The summed E-state index contributed by atoms with van der Waals surface area (Å²) in [7, 11) is 0. The summed E-state index contributed by atoms with van der Waals surface area (Å²) in [4.78, 5) is 24.0. The number of β-amino-alcohol motifs (C(OH)–C–C–N with tert-alkyl or cyclic N) is 1. The van der Waals surface area contributed by atoms with Gasteiger partial charge in [-0.2, -0.15) is 0 Å². The first-order chi connectivity index (χ1) is 8.06. The van der Waals surface area contributed by atoms with Crippen molar-refractivity contribution in [3.05, 3.63) is 0 Å². The minimum atomic E-state index is -0.975. The smallest absolute Gasteiger partial charge is 0.321 e. The summed E-state index contributed by atoms with van der Waals surface area (Å²) in [6, 6.07) is -0.739. The molecule has 2 rings (SSSR count). The van der Waals surface area contributed by atoms with E-state index in [1.54, 1.807) is 0 Å². The monoisotopic (exact) mass is 242 g/mol. The lowest BCUT2D eigenvalue weighted by atomic mass is 10.2. The zero-order chi connectivity index (χ0) is 12.4. The van der Waals surface area contributed by atoms with Crippen molar-refractivity contribution in [3.63, 3.8) is 0 Å². The third kappa shape index (κ3) is 3.41. The average Bonchev–Trinajstić information content (AvgIpc) is 3.00. The van der Waals surface area contributed by atoms with E-state index in [-0.39, 0.29) is 25.4 Å². The number of amides is 1. The Morgan fingerprint density at radius 1 is 1.35 bits per heavy atom. The van der Waals surface area contributed by atoms with Crippen molar-refractivity contribution >= 4 is 11.9 Å². The van der Waals surface area contributed by atoms with Crippen molar-refractivity contribution in [1.29, 1.82) is 0 Å². The Labute approximate surface area is 99.6 Å². The number of rotatable bonds is 5. The molecule has 0 bridgehead atoms. The average molecular weight is 242 g/mol. The van der Waals surface area contributed by atoms with Crippen molar-refractivity contribution < 1.29 is 19.8 Å². The van der Waals surface area contributed by atoms with E-state index in [2.05, 4.69) is 5.32 Å². The van der Waals surface area contributed by atoms with Crippen molar-refractivity contribution in [2.45, 2.75) is 31.4 Å². The molecule has 1 saturated heterocycles. The van der Waals surface area contributed by atoms with Gasteiger partial charge in [-0.05, 0) is 18.8 Å². The number of carboxylic acid groups (broad SMARTS) is 1. The molecule has 0 radical (unpaired) electrons. The van der Waals surface area contributed by atoms with E-state index in [9.17, 15) is 14.7 Å². The van der Waals surface area contributed by atoms with E-state index < -0.39 is 18.1 Å². The molecule has 0 spiro atoms. The van der Waals surface area contributed by atoms with Gasteiger partial charge in [0.05, 0.1) is 12.6 Å². The van der Waals surface area contributed by atoms with Gasteiger partial charge in [0.1, 0.15) is 6.04 Å². The van der Waals surface area contributed by atoms with Crippen LogP contribution in [-0.2, 0) is 9.59 Å². The van der Waals surface area contributed by atoms with Crippen LogP contribution in [0.15, 0.2) is 0 Å². The van der Waals surface area contributed by atoms with Crippen LogP contribution in [0.1, 0.15) is 19.3 Å². The molecule has 1 heterocycles. The van der Waals surface area contributed by atoms with Gasteiger partial charge in [-0.3, -0.25) is 14.5 Å². The van der Waals surface area contributed by atoms with Crippen molar-refractivity contribution in [2.75, 3.05) is 19.6 Å². The number of hydrogen-bond donors (Lipinski definition) is 3. The topological polar surface area (TPSA) is 89.9 Å². The number of aliphatic hydroxyl groups is 1. The standard InChI is InChI=1S/C11H18N2O4/c14-8-3-9(11(16)17)13(5-8)6-10(15)12-4-7-1-2-7/h7-9,14H,1-6H2,(H,12,15)(H,16,17). The highest BCUT2D eigenvalue weighted by Gasteiger charge is 2.36. The van der Waals surface area contributed by atoms with Gasteiger partial charge in [0.15, 0.2) is 0 Å². The number of aliphatic hydroxyl groups excluding tert-OH is 1. The molecule has 2 atom stereocenters. The molecule has 3 N–H and O–H groups in total. The Balaban J connectivity index is 1.79. The van der Waals surface area contributed by atoms with Crippen LogP contribution in [0.3, 0.4) is 0 Å². The number of carbonyl (C=O) groups excluding carboxylic acids is 1. The Kier molecular flexibility index (Phi) is 3.63. The number of nitrogens with zero attached hydrogens (tertiary/aromatic N) is 1. The Bertz CT molecular complexity index is 317. The van der Waals surface area contributed by atoms with E-state index >= 15 is 0 Å². The number of aliphatic carboxylic acids is 1. The van der Waals surface area contributed by atoms with Crippen LogP contribution in [-0.4, -0.2) is 58.8 Å². The maximum Gasteiger partial charge on any atom is 0.321 e. The molecular weight excluding hydrogens is 224 g/mol. The zero-order valence-electron chi connectivity index (χ0n) is 9.63. The van der Waals surface area contributed by atoms with Crippen LogP contribution in [0.4, 0.5) is 0 Å². The second kappa shape index (κ2) is 5.01. The van der Waals surface area contributed by atoms with Crippen LogP contribution in [0.5, 0.6) is 0 Å². The molecule has 1 saturated carbocycles. The lowest BCUT2D eigenvalue weighted by Crippen LogP contribution is -2.43. The number of carboxylic acids is 1. The summed E-state index contributed by atoms with van der Waals surface area (Å²) < 4.78 is 0. The first-order valence-corrected chi connectivity index (χ1v) is 5.98. The second-order valence-electron chi connectivity index (χ2n) is 4.92. The van der Waals surface area contributed by atoms with E-state index in [0.29, 0.717) is 12.5 Å². The largest absolute Gasteiger partial charge is 0.480 e. The molecule has 1 amide bonds. The summed E-state index contributed by atoms with van der Waals surface area (Å²) >= 11 is 0. The van der Waals surface area contributed by atoms with Gasteiger partial charge in [-0.25, -0.2) is 0 Å². The minimum absolute atomic E-state index is 0.0563. The van der Waals surface area contributed by atoms with E-state index in [1.807, 2.05) is 0 Å². The van der Waals surface area contributed by atoms with Gasteiger partial charge in [0.25, 0.3) is 0 Å². The predicted octanol–water partition coefficient (Wildman–Crippen LogP) is -0.968. The van der Waals surface area contributed by atoms with Gasteiger partial charge in [-0.1, -0.05) is 0 Å². The van der Waals surface area contributed by atoms with Crippen LogP contribution < -0.4 is 5.32 Å². The first kappa shape index (κ1) is 12.3. The summed E-state index contributed by atoms with van der Waals surface area (Å²) in [5.41, 5.74) is 0. The second-order valence-corrected chi connectivity index (χ2v) is 4.92. The quantitative estimate of drug-likeness (QED) is 0.577. The number of carbonyl (C=O) groups is 2. The molecule has 2 aliphatic rings. The van der Waals surface area contributed by atoms with Crippen LogP contribution in [0.25, 0.3) is 0 Å². The van der Waals surface area contributed by atoms with Crippen LogP contribution >= 0.6 is 0 Å². The van der Waals surface area contributed by atoms with E-state index in [1.165, 1.54) is 17.7 Å². The summed E-state index contributed by atoms with van der Waals surface area (Å²) in [5.74, 6) is -0.521. The summed E-state index contributed by atoms with van der Waals surface area (Å²) in [6.45, 7) is 1.00. The summed E-state index contributed by atoms with van der Waals surface area (Å²) in [5, 5.41) is 21.2. The lowest BCUT2D eigenvalue weighted by molar-refractivity contribution is -0.142. The van der Waals surface area contributed by atoms with Gasteiger partial charge < -0.3 is 15.5 Å². The number of hydrogen-bond acceptors (Lipinski definition) is 4. The molecule has 6 nitrogen and oxygen atoms in total. The Hall–Kier alpha value is -1.14. The fraction of sp³-hybridized carbons (Fsp3) is 0.818. The molecule has 0 aromatic carbocycles. The normalized spacial score (nSPS) is 29.2.